The minimum Gasteiger partial charge on any atom is -0.354 e. The summed E-state index contributed by atoms with van der Waals surface area (Å²) in [4.78, 5) is 23.8. The lowest BCUT2D eigenvalue weighted by molar-refractivity contribution is -0.123. The van der Waals surface area contributed by atoms with Gasteiger partial charge in [0.2, 0.25) is 5.91 Å². The van der Waals surface area contributed by atoms with Gasteiger partial charge in [-0.2, -0.15) is 0 Å². The Morgan fingerprint density at radius 1 is 1.08 bits per heavy atom. The zero-order valence-electron chi connectivity index (χ0n) is 15.7. The van der Waals surface area contributed by atoms with Crippen molar-refractivity contribution in [3.05, 3.63) is 35.4 Å². The van der Waals surface area contributed by atoms with Crippen molar-refractivity contribution in [2.75, 3.05) is 13.1 Å². The van der Waals surface area contributed by atoms with Crippen LogP contribution in [0, 0.1) is 18.8 Å². The first-order valence-electron chi connectivity index (χ1n) is 8.69. The van der Waals surface area contributed by atoms with Crippen molar-refractivity contribution in [3.63, 3.8) is 0 Å². The monoisotopic (exact) mass is 369 g/mol. The smallest absolute Gasteiger partial charge is 0.251 e. The van der Waals surface area contributed by atoms with Crippen LogP contribution in [0.2, 0.25) is 0 Å². The highest BCUT2D eigenvalue weighted by Crippen LogP contribution is 2.06. The van der Waals surface area contributed by atoms with Crippen molar-refractivity contribution in [2.24, 2.45) is 17.6 Å². The van der Waals surface area contributed by atoms with Gasteiger partial charge in [-0.3, -0.25) is 9.59 Å². The van der Waals surface area contributed by atoms with E-state index in [2.05, 4.69) is 17.6 Å². The third-order valence-corrected chi connectivity index (χ3v) is 4.12. The van der Waals surface area contributed by atoms with E-state index in [-0.39, 0.29) is 30.1 Å². The van der Waals surface area contributed by atoms with Crippen LogP contribution in [0.5, 0.6) is 0 Å². The number of hydrogen-bond donors (Lipinski definition) is 3. The number of hydrogen-bond acceptors (Lipinski definition) is 3. The van der Waals surface area contributed by atoms with Gasteiger partial charge in [-0.15, -0.1) is 12.4 Å². The number of aryl methyl sites for hydroxylation is 1. The van der Waals surface area contributed by atoms with Gasteiger partial charge in [0.25, 0.3) is 5.91 Å². The fourth-order valence-electron chi connectivity index (χ4n) is 2.26. The average molecular weight is 370 g/mol. The van der Waals surface area contributed by atoms with Crippen LogP contribution in [0.15, 0.2) is 24.3 Å². The first-order valence-corrected chi connectivity index (χ1v) is 8.69. The summed E-state index contributed by atoms with van der Waals surface area (Å²) < 4.78 is 0. The summed E-state index contributed by atoms with van der Waals surface area (Å²) in [6.45, 7) is 9.20. The van der Waals surface area contributed by atoms with Gasteiger partial charge in [0, 0.05) is 18.7 Å². The molecular formula is C19H32ClN3O2. The average Bonchev–Trinajstić information content (AvgIpc) is 2.56. The van der Waals surface area contributed by atoms with Crippen molar-refractivity contribution in [3.8, 4) is 0 Å². The minimum absolute atomic E-state index is 0. The summed E-state index contributed by atoms with van der Waals surface area (Å²) >= 11 is 0. The van der Waals surface area contributed by atoms with E-state index in [9.17, 15) is 9.59 Å². The highest BCUT2D eigenvalue weighted by Gasteiger charge is 2.17. The van der Waals surface area contributed by atoms with Crippen molar-refractivity contribution < 1.29 is 9.59 Å². The van der Waals surface area contributed by atoms with Gasteiger partial charge in [0.1, 0.15) is 0 Å². The fourth-order valence-corrected chi connectivity index (χ4v) is 2.26. The molecule has 0 bridgehead atoms. The largest absolute Gasteiger partial charge is 0.354 e. The lowest BCUT2D eigenvalue weighted by atomic mass is 10.0. The molecule has 0 radical (unpaired) electrons. The van der Waals surface area contributed by atoms with Crippen LogP contribution in [-0.2, 0) is 4.79 Å². The number of rotatable bonds is 9. The van der Waals surface area contributed by atoms with Gasteiger partial charge in [0.15, 0.2) is 0 Å². The lowest BCUT2D eigenvalue weighted by Crippen LogP contribution is -2.45. The van der Waals surface area contributed by atoms with Crippen molar-refractivity contribution in [1.82, 2.24) is 10.6 Å². The van der Waals surface area contributed by atoms with Gasteiger partial charge >= 0.3 is 0 Å². The molecule has 5 nitrogen and oxygen atoms in total. The molecule has 0 aliphatic heterocycles. The zero-order valence-corrected chi connectivity index (χ0v) is 16.5. The van der Waals surface area contributed by atoms with E-state index in [0.29, 0.717) is 24.6 Å². The molecule has 0 aromatic heterocycles. The number of carbonyl (C=O) groups is 2. The predicted molar refractivity (Wildman–Crippen MR) is 105 cm³/mol. The van der Waals surface area contributed by atoms with Gasteiger partial charge in [-0.1, -0.05) is 38.5 Å². The van der Waals surface area contributed by atoms with E-state index in [1.807, 2.05) is 45.0 Å². The van der Waals surface area contributed by atoms with Crippen LogP contribution in [0.3, 0.4) is 0 Å². The van der Waals surface area contributed by atoms with E-state index in [4.69, 9.17) is 5.73 Å². The summed E-state index contributed by atoms with van der Waals surface area (Å²) in [6, 6.07) is 7.08. The molecule has 142 valence electrons. The fraction of sp³-hybridized carbons (Fsp3) is 0.579. The third-order valence-electron chi connectivity index (χ3n) is 4.12. The molecule has 25 heavy (non-hydrogen) atoms. The first kappa shape index (κ1) is 23.4. The van der Waals surface area contributed by atoms with Gasteiger partial charge < -0.3 is 16.4 Å². The molecule has 0 aliphatic rings. The number of nitrogens with one attached hydrogen (secondary N) is 2. The maximum Gasteiger partial charge on any atom is 0.251 e. The van der Waals surface area contributed by atoms with E-state index >= 15 is 0 Å². The van der Waals surface area contributed by atoms with E-state index < -0.39 is 6.04 Å². The molecule has 0 unspecified atom stereocenters. The summed E-state index contributed by atoms with van der Waals surface area (Å²) in [5, 5.41) is 5.82. The summed E-state index contributed by atoms with van der Waals surface area (Å²) in [5.41, 5.74) is 7.63. The van der Waals surface area contributed by atoms with Crippen LogP contribution in [0.25, 0.3) is 0 Å². The number of carbonyl (C=O) groups excluding carboxylic acids is 2. The van der Waals surface area contributed by atoms with Crippen molar-refractivity contribution >= 4 is 24.2 Å². The highest BCUT2D eigenvalue weighted by molar-refractivity contribution is 5.94. The molecule has 2 atom stereocenters. The minimum atomic E-state index is -0.453. The topological polar surface area (TPSA) is 84.2 Å². The Labute approximate surface area is 157 Å². The Bertz CT molecular complexity index is 532. The Morgan fingerprint density at radius 2 is 1.68 bits per heavy atom. The maximum absolute atomic E-state index is 12.0. The van der Waals surface area contributed by atoms with Crippen LogP contribution in [-0.4, -0.2) is 30.9 Å². The summed E-state index contributed by atoms with van der Waals surface area (Å²) in [7, 11) is 0. The van der Waals surface area contributed by atoms with Crippen LogP contribution < -0.4 is 16.4 Å². The molecule has 1 aromatic rings. The number of amides is 2. The number of benzene rings is 1. The van der Waals surface area contributed by atoms with Crippen LogP contribution in [0.1, 0.15) is 49.5 Å². The molecule has 1 aromatic carbocycles. The summed E-state index contributed by atoms with van der Waals surface area (Å²) in [6.07, 6.45) is 1.82. The molecule has 0 fully saturated rings. The molecule has 0 heterocycles. The second kappa shape index (κ2) is 11.9. The van der Waals surface area contributed by atoms with Crippen molar-refractivity contribution in [2.45, 2.75) is 46.6 Å². The molecular weight excluding hydrogens is 338 g/mol. The number of halogens is 1. The molecule has 0 saturated heterocycles. The predicted octanol–water partition coefficient (Wildman–Crippen LogP) is 2.66. The van der Waals surface area contributed by atoms with E-state index in [0.717, 1.165) is 18.4 Å². The molecule has 0 spiro atoms. The molecule has 1 rings (SSSR count). The normalized spacial score (nSPS) is 12.9. The van der Waals surface area contributed by atoms with Crippen LogP contribution >= 0.6 is 12.4 Å². The molecule has 6 heteroatoms. The molecule has 4 N–H and O–H groups in total. The van der Waals surface area contributed by atoms with Gasteiger partial charge in [-0.05, 0) is 43.7 Å². The second-order valence-corrected chi connectivity index (χ2v) is 6.88. The third kappa shape index (κ3) is 8.89. The quantitative estimate of drug-likeness (QED) is 0.585. The molecule has 2 amide bonds. The Balaban J connectivity index is 0.00000576. The number of nitrogens with two attached hydrogens (primary N) is 1. The Kier molecular flexibility index (Phi) is 11.1. The molecule has 0 saturated carbocycles. The highest BCUT2D eigenvalue weighted by atomic mass is 35.5. The van der Waals surface area contributed by atoms with E-state index in [1.165, 1.54) is 0 Å². The van der Waals surface area contributed by atoms with E-state index in [1.54, 1.807) is 0 Å². The van der Waals surface area contributed by atoms with Gasteiger partial charge in [-0.25, -0.2) is 0 Å². The Morgan fingerprint density at radius 3 is 2.24 bits per heavy atom. The Hall–Kier alpha value is -1.59. The lowest BCUT2D eigenvalue weighted by Gasteiger charge is -2.18. The summed E-state index contributed by atoms with van der Waals surface area (Å²) in [5.74, 6) is 0.352. The molecule has 0 aliphatic carbocycles. The standard InChI is InChI=1S/C19H31N3O2.ClH/c1-13(2)17(20)19(24)22-12-15(4)6-5-11-21-18(23)16-9-7-14(3)8-10-16;/h7-10,13,15,17H,5-6,11-12,20H2,1-4H3,(H,21,23)(H,22,24);1H/t15-,17-;/m0./s1. The maximum atomic E-state index is 12.0. The van der Waals surface area contributed by atoms with Crippen molar-refractivity contribution in [1.29, 1.82) is 0 Å². The van der Waals surface area contributed by atoms with Gasteiger partial charge in [0.05, 0.1) is 6.04 Å². The van der Waals surface area contributed by atoms with Crippen LogP contribution in [0.4, 0.5) is 0 Å². The zero-order chi connectivity index (χ0) is 18.1. The SMILES string of the molecule is Cc1ccc(C(=O)NCCC[C@H](C)CNC(=O)[C@@H](N)C(C)C)cc1.Cl. The first-order chi connectivity index (χ1) is 11.3. The second-order valence-electron chi connectivity index (χ2n) is 6.88.